The number of nitrogens with one attached hydrogen (secondary N) is 1. The molecule has 2 fully saturated rings. The molecule has 1 saturated heterocycles. The zero-order chi connectivity index (χ0) is 23.2. The van der Waals surface area contributed by atoms with E-state index in [9.17, 15) is 14.0 Å². The molecule has 1 aromatic heterocycles. The van der Waals surface area contributed by atoms with Crippen molar-refractivity contribution in [2.75, 3.05) is 6.54 Å². The first-order valence-corrected chi connectivity index (χ1v) is 11.5. The number of hydrogen-bond donors (Lipinski definition) is 1. The van der Waals surface area contributed by atoms with E-state index in [0.717, 1.165) is 18.2 Å². The summed E-state index contributed by atoms with van der Waals surface area (Å²) in [5.74, 6) is -0.193. The van der Waals surface area contributed by atoms with Gasteiger partial charge in [-0.3, -0.25) is 9.59 Å². The molecule has 170 valence electrons. The van der Waals surface area contributed by atoms with E-state index in [-0.39, 0.29) is 29.7 Å². The highest BCUT2D eigenvalue weighted by molar-refractivity contribution is 6.06. The number of nitrogens with zero attached hydrogens (tertiary/aromatic N) is 1. The highest BCUT2D eigenvalue weighted by atomic mass is 19.1. The monoisotopic (exact) mass is 454 g/mol. The summed E-state index contributed by atoms with van der Waals surface area (Å²) in [6.45, 7) is 0.369. The second-order valence-corrected chi connectivity index (χ2v) is 9.04. The molecule has 1 aliphatic heterocycles. The van der Waals surface area contributed by atoms with Crippen LogP contribution in [0.3, 0.4) is 0 Å². The number of carbonyl (C=O) groups excluding carboxylic acids is 2. The third-order valence-corrected chi connectivity index (χ3v) is 7.01. The Balaban J connectivity index is 1.24. The fourth-order valence-corrected chi connectivity index (χ4v) is 5.28. The van der Waals surface area contributed by atoms with Crippen LogP contribution in [0.15, 0.2) is 83.5 Å². The Bertz CT molecular complexity index is 1410. The van der Waals surface area contributed by atoms with Crippen molar-refractivity contribution in [2.24, 2.45) is 5.92 Å². The molecule has 1 aliphatic carbocycles. The van der Waals surface area contributed by atoms with Crippen LogP contribution >= 0.6 is 0 Å². The van der Waals surface area contributed by atoms with E-state index in [1.54, 1.807) is 60.9 Å². The van der Waals surface area contributed by atoms with E-state index < -0.39 is 0 Å². The predicted octanol–water partition coefficient (Wildman–Crippen LogP) is 5.27. The van der Waals surface area contributed by atoms with Crippen molar-refractivity contribution in [3.8, 4) is 11.1 Å². The van der Waals surface area contributed by atoms with Gasteiger partial charge in [-0.2, -0.15) is 0 Å². The number of rotatable bonds is 5. The zero-order valence-corrected chi connectivity index (χ0v) is 18.4. The predicted molar refractivity (Wildman–Crippen MR) is 127 cm³/mol. The molecule has 3 aromatic carbocycles. The van der Waals surface area contributed by atoms with Crippen molar-refractivity contribution in [1.29, 1.82) is 0 Å². The molecule has 0 radical (unpaired) electrons. The first kappa shape index (κ1) is 20.7. The Hall–Kier alpha value is -3.93. The normalized spacial score (nSPS) is 20.9. The molecule has 4 aromatic rings. The highest BCUT2D eigenvalue weighted by Gasteiger charge is 2.54. The summed E-state index contributed by atoms with van der Waals surface area (Å²) < 4.78 is 19.9. The number of carbonyl (C=O) groups is 2. The summed E-state index contributed by atoms with van der Waals surface area (Å²) >= 11 is 0. The maximum atomic E-state index is 14.5. The molecule has 5 nitrogen and oxygen atoms in total. The van der Waals surface area contributed by atoms with Crippen LogP contribution in [-0.4, -0.2) is 35.3 Å². The van der Waals surface area contributed by atoms with Crippen LogP contribution < -0.4 is 5.32 Å². The number of benzene rings is 3. The molecule has 34 heavy (non-hydrogen) atoms. The summed E-state index contributed by atoms with van der Waals surface area (Å²) in [7, 11) is 0. The Kier molecular flexibility index (Phi) is 4.94. The molecular weight excluding hydrogens is 431 g/mol. The molecule has 0 spiro atoms. The summed E-state index contributed by atoms with van der Waals surface area (Å²) in [5, 5.41) is 3.79. The minimum absolute atomic E-state index is 0.0996. The third-order valence-electron chi connectivity index (χ3n) is 7.01. The van der Waals surface area contributed by atoms with E-state index in [4.69, 9.17) is 4.42 Å². The standard InChI is InChI=1S/C28H23FN2O3/c29-24-10-4-3-7-20(24)19-6-1-2-8-23(19)28(33)31-18(14-17-15-25(17)31)16-30-27(32)22-9-5-11-26-21(22)12-13-34-26/h1-13,17-18,25H,14-16H2,(H,30,32)/t17?,18-,25?/m0/s1. The van der Waals surface area contributed by atoms with Gasteiger partial charge in [-0.1, -0.05) is 42.5 Å². The maximum Gasteiger partial charge on any atom is 0.255 e. The largest absolute Gasteiger partial charge is 0.464 e. The fourth-order valence-electron chi connectivity index (χ4n) is 5.28. The smallest absolute Gasteiger partial charge is 0.255 e. The van der Waals surface area contributed by atoms with Crippen molar-refractivity contribution in [1.82, 2.24) is 10.2 Å². The van der Waals surface area contributed by atoms with Crippen molar-refractivity contribution < 1.29 is 18.4 Å². The van der Waals surface area contributed by atoms with Gasteiger partial charge in [0.25, 0.3) is 11.8 Å². The molecule has 6 rings (SSSR count). The SMILES string of the molecule is O=C(NC[C@@H]1CC2CC2N1C(=O)c1ccccc1-c1ccccc1F)c1cccc2occc12. The van der Waals surface area contributed by atoms with Gasteiger partial charge in [0.1, 0.15) is 11.4 Å². The van der Waals surface area contributed by atoms with Crippen molar-refractivity contribution in [3.63, 3.8) is 0 Å². The van der Waals surface area contributed by atoms with Crippen molar-refractivity contribution >= 4 is 22.8 Å². The quantitative estimate of drug-likeness (QED) is 0.447. The Labute approximate surface area is 196 Å². The van der Waals surface area contributed by atoms with Crippen LogP contribution in [0.1, 0.15) is 33.6 Å². The van der Waals surface area contributed by atoms with E-state index >= 15 is 0 Å². The lowest BCUT2D eigenvalue weighted by atomic mass is 9.98. The number of halogens is 1. The molecule has 1 saturated carbocycles. The molecule has 0 bridgehead atoms. The first-order chi connectivity index (χ1) is 16.6. The van der Waals surface area contributed by atoms with E-state index in [1.807, 2.05) is 17.0 Å². The number of piperidine rings is 1. The summed E-state index contributed by atoms with van der Waals surface area (Å²) in [6.07, 6.45) is 3.40. The lowest BCUT2D eigenvalue weighted by Crippen LogP contribution is -2.45. The lowest BCUT2D eigenvalue weighted by molar-refractivity contribution is 0.0689. The fraction of sp³-hybridized carbons (Fsp3) is 0.214. The minimum atomic E-state index is -0.356. The third kappa shape index (κ3) is 3.46. The molecule has 3 atom stereocenters. The van der Waals surface area contributed by atoms with E-state index in [2.05, 4.69) is 5.32 Å². The van der Waals surface area contributed by atoms with Crippen LogP contribution in [0.25, 0.3) is 22.1 Å². The Morgan fingerprint density at radius 2 is 1.68 bits per heavy atom. The van der Waals surface area contributed by atoms with Crippen LogP contribution in [0.4, 0.5) is 4.39 Å². The first-order valence-electron chi connectivity index (χ1n) is 11.5. The molecule has 2 heterocycles. The van der Waals surface area contributed by atoms with Gasteiger partial charge in [-0.25, -0.2) is 4.39 Å². The van der Waals surface area contributed by atoms with Crippen LogP contribution in [0.2, 0.25) is 0 Å². The number of amides is 2. The number of furan rings is 1. The molecule has 2 amide bonds. The van der Waals surface area contributed by atoms with Gasteiger partial charge in [0, 0.05) is 29.1 Å². The second kappa shape index (κ2) is 8.13. The van der Waals surface area contributed by atoms with Crippen LogP contribution in [-0.2, 0) is 0 Å². The van der Waals surface area contributed by atoms with Gasteiger partial charge in [0.05, 0.1) is 17.9 Å². The summed E-state index contributed by atoms with van der Waals surface area (Å²) in [4.78, 5) is 28.6. The molecule has 6 heteroatoms. The van der Waals surface area contributed by atoms with Gasteiger partial charge in [0.2, 0.25) is 0 Å². The molecule has 2 aliphatic rings. The topological polar surface area (TPSA) is 62.6 Å². The second-order valence-electron chi connectivity index (χ2n) is 9.04. The van der Waals surface area contributed by atoms with Gasteiger partial charge in [0.15, 0.2) is 0 Å². The molecule has 2 unspecified atom stereocenters. The highest BCUT2D eigenvalue weighted by Crippen LogP contribution is 2.48. The maximum absolute atomic E-state index is 14.5. The van der Waals surface area contributed by atoms with Gasteiger partial charge >= 0.3 is 0 Å². The Morgan fingerprint density at radius 3 is 2.53 bits per heavy atom. The molecule has 1 N–H and O–H groups in total. The van der Waals surface area contributed by atoms with E-state index in [1.165, 1.54) is 6.07 Å². The lowest BCUT2D eigenvalue weighted by Gasteiger charge is -2.29. The van der Waals surface area contributed by atoms with E-state index in [0.29, 0.717) is 40.3 Å². The number of likely N-dealkylation sites (tertiary alicyclic amines) is 1. The zero-order valence-electron chi connectivity index (χ0n) is 18.4. The number of fused-ring (bicyclic) bond motifs is 2. The number of hydrogen-bond acceptors (Lipinski definition) is 3. The molecular formula is C28H23FN2O3. The summed E-state index contributed by atoms with van der Waals surface area (Å²) in [5.41, 5.74) is 2.70. The van der Waals surface area contributed by atoms with Gasteiger partial charge in [-0.15, -0.1) is 0 Å². The van der Waals surface area contributed by atoms with Crippen LogP contribution in [0, 0.1) is 11.7 Å². The van der Waals surface area contributed by atoms with Crippen molar-refractivity contribution in [3.05, 3.63) is 96.0 Å². The minimum Gasteiger partial charge on any atom is -0.464 e. The average molecular weight is 455 g/mol. The van der Waals surface area contributed by atoms with Gasteiger partial charge < -0.3 is 14.6 Å². The van der Waals surface area contributed by atoms with Crippen LogP contribution in [0.5, 0.6) is 0 Å². The average Bonchev–Trinajstić information content (AvgIpc) is 3.27. The summed E-state index contributed by atoms with van der Waals surface area (Å²) in [6, 6.07) is 20.9. The van der Waals surface area contributed by atoms with Crippen molar-refractivity contribution in [2.45, 2.75) is 24.9 Å². The Morgan fingerprint density at radius 1 is 0.912 bits per heavy atom. The van der Waals surface area contributed by atoms with Gasteiger partial charge in [-0.05, 0) is 54.7 Å².